The second kappa shape index (κ2) is 10.8. The van der Waals surface area contributed by atoms with E-state index in [-0.39, 0.29) is 37.5 Å². The molecular weight excluding hydrogens is 504 g/mol. The van der Waals surface area contributed by atoms with Crippen molar-refractivity contribution in [3.05, 3.63) is 113 Å². The van der Waals surface area contributed by atoms with Crippen molar-refractivity contribution in [1.29, 1.82) is 0 Å². The Morgan fingerprint density at radius 2 is 1.79 bits per heavy atom. The van der Waals surface area contributed by atoms with Gasteiger partial charge in [-0.15, -0.1) is 6.58 Å². The van der Waals surface area contributed by atoms with Gasteiger partial charge in [-0.1, -0.05) is 48.0 Å². The number of halogens is 1. The van der Waals surface area contributed by atoms with E-state index >= 15 is 0 Å². The van der Waals surface area contributed by atoms with E-state index < -0.39 is 6.04 Å². The van der Waals surface area contributed by atoms with Crippen molar-refractivity contribution < 1.29 is 19.1 Å². The minimum Gasteiger partial charge on any atom is -0.457 e. The van der Waals surface area contributed by atoms with Crippen molar-refractivity contribution in [3.8, 4) is 11.5 Å². The highest BCUT2D eigenvalue weighted by molar-refractivity contribution is 6.30. The number of hydrogen-bond donors (Lipinski definition) is 2. The number of carbonyl (C=O) groups excluding carboxylic acids is 3. The summed E-state index contributed by atoms with van der Waals surface area (Å²) in [6, 6.07) is 22.4. The van der Waals surface area contributed by atoms with Crippen LogP contribution >= 0.6 is 11.6 Å². The highest BCUT2D eigenvalue weighted by Crippen LogP contribution is 2.36. The van der Waals surface area contributed by atoms with Gasteiger partial charge in [-0.25, -0.2) is 4.79 Å². The summed E-state index contributed by atoms with van der Waals surface area (Å²) < 4.78 is 5.78. The summed E-state index contributed by atoms with van der Waals surface area (Å²) in [7, 11) is 0. The predicted molar refractivity (Wildman–Crippen MR) is 145 cm³/mol. The predicted octanol–water partition coefficient (Wildman–Crippen LogP) is 5.12. The SMILES string of the molecule is C=CCN1C(=O)N[C@H](c2cccc(Cl)c2)C2=C1CN(CC(=O)Nc1ccc(Oc3ccccc3)cc1)C2=O. The molecule has 8 nitrogen and oxygen atoms in total. The highest BCUT2D eigenvalue weighted by atomic mass is 35.5. The third-order valence-corrected chi connectivity index (χ3v) is 6.48. The van der Waals surface area contributed by atoms with Gasteiger partial charge in [-0.3, -0.25) is 14.5 Å². The van der Waals surface area contributed by atoms with Gasteiger partial charge in [-0.05, 0) is 54.1 Å². The second-order valence-electron chi connectivity index (χ2n) is 8.85. The lowest BCUT2D eigenvalue weighted by atomic mass is 9.95. The average Bonchev–Trinajstić information content (AvgIpc) is 3.22. The van der Waals surface area contributed by atoms with Crippen LogP contribution in [0.5, 0.6) is 11.5 Å². The average molecular weight is 529 g/mol. The molecule has 38 heavy (non-hydrogen) atoms. The van der Waals surface area contributed by atoms with Crippen LogP contribution in [0.25, 0.3) is 0 Å². The molecule has 0 fully saturated rings. The van der Waals surface area contributed by atoms with E-state index in [1.807, 2.05) is 30.3 Å². The van der Waals surface area contributed by atoms with Crippen LogP contribution in [-0.4, -0.2) is 47.3 Å². The fraction of sp³-hybridized carbons (Fsp3) is 0.138. The van der Waals surface area contributed by atoms with Crippen molar-refractivity contribution in [2.24, 2.45) is 0 Å². The molecule has 0 radical (unpaired) electrons. The Morgan fingerprint density at radius 1 is 1.05 bits per heavy atom. The summed E-state index contributed by atoms with van der Waals surface area (Å²) in [5.74, 6) is 0.666. The van der Waals surface area contributed by atoms with Gasteiger partial charge < -0.3 is 20.3 Å². The van der Waals surface area contributed by atoms with Crippen molar-refractivity contribution in [2.45, 2.75) is 6.04 Å². The molecule has 5 rings (SSSR count). The topological polar surface area (TPSA) is 91.0 Å². The van der Waals surface area contributed by atoms with Crippen LogP contribution < -0.4 is 15.4 Å². The zero-order chi connectivity index (χ0) is 26.6. The van der Waals surface area contributed by atoms with Gasteiger partial charge >= 0.3 is 6.03 Å². The van der Waals surface area contributed by atoms with Gasteiger partial charge in [0.1, 0.15) is 18.0 Å². The second-order valence-corrected chi connectivity index (χ2v) is 9.28. The maximum Gasteiger partial charge on any atom is 0.322 e. The number of para-hydroxylation sites is 1. The number of anilines is 1. The van der Waals surface area contributed by atoms with Gasteiger partial charge in [0.15, 0.2) is 0 Å². The van der Waals surface area contributed by atoms with E-state index in [0.29, 0.717) is 39.0 Å². The fourth-order valence-corrected chi connectivity index (χ4v) is 4.74. The molecule has 2 aliphatic heterocycles. The maximum atomic E-state index is 13.5. The summed E-state index contributed by atoms with van der Waals surface area (Å²) in [5.41, 5.74) is 2.23. The van der Waals surface area contributed by atoms with E-state index in [2.05, 4.69) is 17.2 Å². The van der Waals surface area contributed by atoms with Crippen LogP contribution in [0.15, 0.2) is 103 Å². The Balaban J connectivity index is 1.29. The summed E-state index contributed by atoms with van der Waals surface area (Å²) in [4.78, 5) is 42.2. The molecule has 0 spiro atoms. The molecule has 0 saturated carbocycles. The molecule has 2 N–H and O–H groups in total. The Hall–Kier alpha value is -4.56. The Bertz CT molecular complexity index is 1420. The molecule has 4 amide bonds. The fourth-order valence-electron chi connectivity index (χ4n) is 4.54. The van der Waals surface area contributed by atoms with Crippen LogP contribution in [0.3, 0.4) is 0 Å². The van der Waals surface area contributed by atoms with Gasteiger partial charge in [0.2, 0.25) is 5.91 Å². The van der Waals surface area contributed by atoms with Crippen LogP contribution in [0, 0.1) is 0 Å². The normalized spacial score (nSPS) is 16.7. The minimum atomic E-state index is -0.671. The monoisotopic (exact) mass is 528 g/mol. The summed E-state index contributed by atoms with van der Waals surface area (Å²) in [6.45, 7) is 3.91. The first kappa shape index (κ1) is 25.1. The highest BCUT2D eigenvalue weighted by Gasteiger charge is 2.44. The molecule has 2 aliphatic rings. The summed E-state index contributed by atoms with van der Waals surface area (Å²) >= 11 is 6.17. The largest absolute Gasteiger partial charge is 0.457 e. The van der Waals surface area contributed by atoms with E-state index in [9.17, 15) is 14.4 Å². The molecule has 3 aromatic carbocycles. The lowest BCUT2D eigenvalue weighted by Crippen LogP contribution is -2.47. The number of nitrogens with zero attached hydrogens (tertiary/aromatic N) is 2. The van der Waals surface area contributed by atoms with Crippen LogP contribution in [0.2, 0.25) is 5.02 Å². The van der Waals surface area contributed by atoms with E-state index in [4.69, 9.17) is 16.3 Å². The number of rotatable bonds is 8. The molecule has 0 unspecified atom stereocenters. The van der Waals surface area contributed by atoms with Crippen LogP contribution in [0.1, 0.15) is 11.6 Å². The van der Waals surface area contributed by atoms with E-state index in [1.165, 1.54) is 9.80 Å². The number of ether oxygens (including phenoxy) is 1. The van der Waals surface area contributed by atoms with Gasteiger partial charge in [0.25, 0.3) is 5.91 Å². The first-order valence-corrected chi connectivity index (χ1v) is 12.4. The smallest absolute Gasteiger partial charge is 0.322 e. The van der Waals surface area contributed by atoms with Crippen LogP contribution in [-0.2, 0) is 9.59 Å². The zero-order valence-electron chi connectivity index (χ0n) is 20.4. The third kappa shape index (κ3) is 5.26. The molecule has 0 saturated heterocycles. The van der Waals surface area contributed by atoms with Crippen molar-refractivity contribution in [1.82, 2.24) is 15.1 Å². The zero-order valence-corrected chi connectivity index (χ0v) is 21.1. The van der Waals surface area contributed by atoms with Gasteiger partial charge in [0, 0.05) is 17.3 Å². The van der Waals surface area contributed by atoms with Gasteiger partial charge in [0.05, 0.1) is 23.9 Å². The Labute approximate surface area is 225 Å². The number of benzene rings is 3. The molecular formula is C29H25ClN4O4. The molecule has 3 aromatic rings. The number of amides is 4. The standard InChI is InChI=1S/C29H25ClN4O4/c1-2-15-34-24-17-33(28(36)26(24)27(32-29(34)37)19-7-6-8-20(30)16-19)18-25(35)31-21-11-13-23(14-12-21)38-22-9-4-3-5-10-22/h2-14,16,27H,1,15,17-18H2,(H,31,35)(H,32,37)/t27-/m1/s1. The minimum absolute atomic E-state index is 0.129. The summed E-state index contributed by atoms with van der Waals surface area (Å²) in [6.07, 6.45) is 1.59. The van der Waals surface area contributed by atoms with Crippen molar-refractivity contribution >= 4 is 35.1 Å². The molecule has 192 valence electrons. The molecule has 0 bridgehead atoms. The molecule has 0 aromatic heterocycles. The first-order chi connectivity index (χ1) is 18.4. The lowest BCUT2D eigenvalue weighted by molar-refractivity contribution is -0.130. The van der Waals surface area contributed by atoms with Crippen LogP contribution in [0.4, 0.5) is 10.5 Å². The molecule has 1 atom stereocenters. The third-order valence-electron chi connectivity index (χ3n) is 6.24. The molecule has 0 aliphatic carbocycles. The summed E-state index contributed by atoms with van der Waals surface area (Å²) in [5, 5.41) is 6.21. The quantitative estimate of drug-likeness (QED) is 0.397. The van der Waals surface area contributed by atoms with Crippen molar-refractivity contribution in [2.75, 3.05) is 25.0 Å². The number of nitrogens with one attached hydrogen (secondary N) is 2. The van der Waals surface area contributed by atoms with Crippen molar-refractivity contribution in [3.63, 3.8) is 0 Å². The number of carbonyl (C=O) groups is 3. The first-order valence-electron chi connectivity index (χ1n) is 12.0. The van der Waals surface area contributed by atoms with Gasteiger partial charge in [-0.2, -0.15) is 0 Å². The van der Waals surface area contributed by atoms with E-state index in [0.717, 1.165) is 0 Å². The Kier molecular flexibility index (Phi) is 7.15. The molecule has 2 heterocycles. The Morgan fingerprint density at radius 3 is 2.50 bits per heavy atom. The van der Waals surface area contributed by atoms with E-state index in [1.54, 1.807) is 54.6 Å². The number of hydrogen-bond acceptors (Lipinski definition) is 4. The number of urea groups is 1. The lowest BCUT2D eigenvalue weighted by Gasteiger charge is -2.33. The maximum absolute atomic E-state index is 13.5. The molecule has 9 heteroatoms.